The van der Waals surface area contributed by atoms with Gasteiger partial charge in [-0.1, -0.05) is 27.2 Å². The zero-order valence-electron chi connectivity index (χ0n) is 15.2. The van der Waals surface area contributed by atoms with Crippen molar-refractivity contribution in [3.8, 4) is 0 Å². The summed E-state index contributed by atoms with van der Waals surface area (Å²) in [6.45, 7) is 10.5. The summed E-state index contributed by atoms with van der Waals surface area (Å²) in [4.78, 5) is 25.7. The van der Waals surface area contributed by atoms with Crippen molar-refractivity contribution in [1.29, 1.82) is 0 Å². The van der Waals surface area contributed by atoms with Crippen LogP contribution in [0.2, 0.25) is 0 Å². The molecule has 2 amide bonds. The van der Waals surface area contributed by atoms with Crippen LogP contribution in [0, 0.1) is 5.92 Å². The molecule has 0 aromatic carbocycles. The fourth-order valence-corrected chi connectivity index (χ4v) is 2.13. The summed E-state index contributed by atoms with van der Waals surface area (Å²) >= 11 is 0. The Balaban J connectivity index is 4.02. The van der Waals surface area contributed by atoms with Crippen LogP contribution >= 0.6 is 0 Å². The number of rotatable bonds is 14. The largest absolute Gasteiger partial charge is 0.356 e. The maximum absolute atomic E-state index is 11.9. The Labute approximate surface area is 141 Å². The summed E-state index contributed by atoms with van der Waals surface area (Å²) in [5.41, 5.74) is 5.37. The fraction of sp³-hybridized carbons (Fsp3) is 0.882. The van der Waals surface area contributed by atoms with Gasteiger partial charge in [0.15, 0.2) is 0 Å². The van der Waals surface area contributed by atoms with E-state index in [9.17, 15) is 9.59 Å². The Morgan fingerprint density at radius 2 is 1.57 bits per heavy atom. The van der Waals surface area contributed by atoms with Crippen LogP contribution in [0.15, 0.2) is 0 Å². The van der Waals surface area contributed by atoms with Gasteiger partial charge in [-0.2, -0.15) is 0 Å². The van der Waals surface area contributed by atoms with Crippen LogP contribution in [0.4, 0.5) is 0 Å². The van der Waals surface area contributed by atoms with Crippen molar-refractivity contribution < 1.29 is 9.59 Å². The number of hydrogen-bond acceptors (Lipinski definition) is 4. The summed E-state index contributed by atoms with van der Waals surface area (Å²) in [5.74, 6) is 0.724. The Bertz CT molecular complexity index is 322. The molecule has 6 nitrogen and oxygen atoms in total. The minimum atomic E-state index is 0.0262. The van der Waals surface area contributed by atoms with Gasteiger partial charge in [-0.15, -0.1) is 0 Å². The van der Waals surface area contributed by atoms with E-state index < -0.39 is 0 Å². The van der Waals surface area contributed by atoms with Crippen LogP contribution in [0.3, 0.4) is 0 Å². The molecule has 0 atom stereocenters. The van der Waals surface area contributed by atoms with E-state index in [0.29, 0.717) is 44.9 Å². The molecule has 0 bridgehead atoms. The standard InChI is InChI=1S/C17H36N4O2/c1-4-5-12-21(14-8-17(23)20-11-9-18)13-7-16(22)19-10-6-15(2)3/h15H,4-14,18H2,1-3H3,(H,19,22)(H,20,23). The van der Waals surface area contributed by atoms with Crippen molar-refractivity contribution in [2.24, 2.45) is 11.7 Å². The molecular formula is C17H36N4O2. The van der Waals surface area contributed by atoms with Crippen molar-refractivity contribution in [2.75, 3.05) is 39.3 Å². The topological polar surface area (TPSA) is 87.5 Å². The summed E-state index contributed by atoms with van der Waals surface area (Å²) in [6.07, 6.45) is 4.15. The molecular weight excluding hydrogens is 292 g/mol. The first-order chi connectivity index (χ1) is 11.0. The average Bonchev–Trinajstić information content (AvgIpc) is 2.51. The first kappa shape index (κ1) is 21.9. The zero-order chi connectivity index (χ0) is 17.5. The number of hydrogen-bond donors (Lipinski definition) is 3. The van der Waals surface area contributed by atoms with E-state index in [0.717, 1.165) is 32.4 Å². The molecule has 6 heteroatoms. The van der Waals surface area contributed by atoms with Crippen LogP contribution in [0.25, 0.3) is 0 Å². The van der Waals surface area contributed by atoms with Crippen molar-refractivity contribution >= 4 is 11.8 Å². The highest BCUT2D eigenvalue weighted by atomic mass is 16.2. The molecule has 0 unspecified atom stereocenters. The second-order valence-corrected chi connectivity index (χ2v) is 6.37. The highest BCUT2D eigenvalue weighted by Gasteiger charge is 2.10. The molecule has 0 aliphatic rings. The van der Waals surface area contributed by atoms with Gasteiger partial charge in [0, 0.05) is 45.6 Å². The van der Waals surface area contributed by atoms with E-state index >= 15 is 0 Å². The van der Waals surface area contributed by atoms with Crippen LogP contribution in [-0.2, 0) is 9.59 Å². The third kappa shape index (κ3) is 14.2. The van der Waals surface area contributed by atoms with Crippen LogP contribution in [-0.4, -0.2) is 56.0 Å². The van der Waals surface area contributed by atoms with E-state index in [-0.39, 0.29) is 11.8 Å². The van der Waals surface area contributed by atoms with Gasteiger partial charge in [0.25, 0.3) is 0 Å². The van der Waals surface area contributed by atoms with Gasteiger partial charge in [-0.3, -0.25) is 9.59 Å². The molecule has 0 fully saturated rings. The van der Waals surface area contributed by atoms with Gasteiger partial charge >= 0.3 is 0 Å². The summed E-state index contributed by atoms with van der Waals surface area (Å²) < 4.78 is 0. The molecule has 0 spiro atoms. The van der Waals surface area contributed by atoms with Crippen molar-refractivity contribution in [2.45, 2.75) is 52.9 Å². The van der Waals surface area contributed by atoms with E-state index in [1.807, 2.05) is 0 Å². The Hall–Kier alpha value is -1.14. The van der Waals surface area contributed by atoms with Crippen LogP contribution in [0.5, 0.6) is 0 Å². The first-order valence-corrected chi connectivity index (χ1v) is 8.95. The second kappa shape index (κ2) is 14.5. The minimum absolute atomic E-state index is 0.0262. The minimum Gasteiger partial charge on any atom is -0.356 e. The molecule has 4 N–H and O–H groups in total. The molecule has 0 heterocycles. The summed E-state index contributed by atoms with van der Waals surface area (Å²) in [6, 6.07) is 0. The lowest BCUT2D eigenvalue weighted by Gasteiger charge is -2.21. The lowest BCUT2D eigenvalue weighted by molar-refractivity contribution is -0.121. The van der Waals surface area contributed by atoms with E-state index in [4.69, 9.17) is 5.73 Å². The van der Waals surface area contributed by atoms with Gasteiger partial charge in [0.05, 0.1) is 0 Å². The number of unbranched alkanes of at least 4 members (excludes halogenated alkanes) is 1. The Morgan fingerprint density at radius 3 is 2.04 bits per heavy atom. The predicted molar refractivity (Wildman–Crippen MR) is 95.1 cm³/mol. The zero-order valence-corrected chi connectivity index (χ0v) is 15.2. The third-order valence-electron chi connectivity index (χ3n) is 3.65. The molecule has 0 aliphatic carbocycles. The Morgan fingerprint density at radius 1 is 1.00 bits per heavy atom. The molecule has 0 aromatic rings. The van der Waals surface area contributed by atoms with Crippen LogP contribution in [0.1, 0.15) is 52.9 Å². The van der Waals surface area contributed by atoms with E-state index in [1.165, 1.54) is 0 Å². The molecule has 0 saturated heterocycles. The lowest BCUT2D eigenvalue weighted by Crippen LogP contribution is -2.36. The Kier molecular flexibility index (Phi) is 13.7. The van der Waals surface area contributed by atoms with Gasteiger partial charge in [-0.25, -0.2) is 0 Å². The third-order valence-corrected chi connectivity index (χ3v) is 3.65. The average molecular weight is 329 g/mol. The second-order valence-electron chi connectivity index (χ2n) is 6.37. The normalized spacial score (nSPS) is 11.0. The molecule has 0 saturated carbocycles. The maximum atomic E-state index is 11.9. The van der Waals surface area contributed by atoms with Crippen molar-refractivity contribution in [1.82, 2.24) is 15.5 Å². The number of nitrogens with two attached hydrogens (primary N) is 1. The highest BCUT2D eigenvalue weighted by molar-refractivity contribution is 5.76. The monoisotopic (exact) mass is 328 g/mol. The SMILES string of the molecule is CCCCN(CCC(=O)NCCN)CCC(=O)NCCC(C)C. The quantitative estimate of drug-likeness (QED) is 0.446. The van der Waals surface area contributed by atoms with Gasteiger partial charge < -0.3 is 21.3 Å². The summed E-state index contributed by atoms with van der Waals surface area (Å²) in [5, 5.41) is 5.74. The smallest absolute Gasteiger partial charge is 0.221 e. The fourth-order valence-electron chi connectivity index (χ4n) is 2.13. The number of nitrogens with zero attached hydrogens (tertiary/aromatic N) is 1. The summed E-state index contributed by atoms with van der Waals surface area (Å²) in [7, 11) is 0. The van der Waals surface area contributed by atoms with E-state index in [2.05, 4.69) is 36.3 Å². The molecule has 23 heavy (non-hydrogen) atoms. The number of nitrogens with one attached hydrogen (secondary N) is 2. The number of carbonyl (C=O) groups is 2. The highest BCUT2D eigenvalue weighted by Crippen LogP contribution is 2.00. The number of carbonyl (C=O) groups excluding carboxylic acids is 2. The molecule has 0 radical (unpaired) electrons. The first-order valence-electron chi connectivity index (χ1n) is 8.95. The number of amides is 2. The predicted octanol–water partition coefficient (Wildman–Crippen LogP) is 1.11. The lowest BCUT2D eigenvalue weighted by atomic mass is 10.1. The van der Waals surface area contributed by atoms with Crippen molar-refractivity contribution in [3.05, 3.63) is 0 Å². The molecule has 0 aromatic heterocycles. The van der Waals surface area contributed by atoms with Gasteiger partial charge in [-0.05, 0) is 25.3 Å². The molecule has 136 valence electrons. The molecule has 0 rings (SSSR count). The molecule has 0 aliphatic heterocycles. The van der Waals surface area contributed by atoms with Crippen LogP contribution < -0.4 is 16.4 Å². The van der Waals surface area contributed by atoms with Crippen molar-refractivity contribution in [3.63, 3.8) is 0 Å². The van der Waals surface area contributed by atoms with E-state index in [1.54, 1.807) is 0 Å². The van der Waals surface area contributed by atoms with Gasteiger partial charge in [0.2, 0.25) is 11.8 Å². The van der Waals surface area contributed by atoms with Gasteiger partial charge in [0.1, 0.15) is 0 Å². The maximum Gasteiger partial charge on any atom is 0.221 e.